The third-order valence-corrected chi connectivity index (χ3v) is 2.40. The summed E-state index contributed by atoms with van der Waals surface area (Å²) in [5.74, 6) is 0.810. The van der Waals surface area contributed by atoms with E-state index in [2.05, 4.69) is 11.9 Å². The lowest BCUT2D eigenvalue weighted by molar-refractivity contribution is 0.112. The van der Waals surface area contributed by atoms with Gasteiger partial charge in [-0.3, -0.25) is 9.78 Å². The fraction of sp³-hybridized carbons (Fsp3) is 0.231. The molecule has 0 atom stereocenters. The average Bonchev–Trinajstić information content (AvgIpc) is 2.36. The number of rotatable bonds is 4. The molecule has 0 bridgehead atoms. The second-order valence-corrected chi connectivity index (χ2v) is 3.54. The predicted octanol–water partition coefficient (Wildman–Crippen LogP) is 2.84. The molecule has 3 heteroatoms. The highest BCUT2D eigenvalue weighted by atomic mass is 16.5. The lowest BCUT2D eigenvalue weighted by Crippen LogP contribution is -1.97. The Bertz CT molecular complexity index is 508. The lowest BCUT2D eigenvalue weighted by Gasteiger charge is -2.09. The average molecular weight is 215 g/mol. The van der Waals surface area contributed by atoms with Crippen LogP contribution in [0.15, 0.2) is 30.6 Å². The van der Waals surface area contributed by atoms with Gasteiger partial charge in [-0.2, -0.15) is 0 Å². The number of carbonyl (C=O) groups is 1. The number of aldehydes is 1. The number of hydrogen-bond acceptors (Lipinski definition) is 3. The topological polar surface area (TPSA) is 39.2 Å². The number of carbonyl (C=O) groups excluding carboxylic acids is 1. The van der Waals surface area contributed by atoms with Crippen molar-refractivity contribution in [2.45, 2.75) is 13.3 Å². The van der Waals surface area contributed by atoms with Gasteiger partial charge in [-0.25, -0.2) is 0 Å². The first-order valence-corrected chi connectivity index (χ1v) is 5.31. The van der Waals surface area contributed by atoms with Gasteiger partial charge in [-0.05, 0) is 24.6 Å². The van der Waals surface area contributed by atoms with Crippen LogP contribution in [-0.2, 0) is 0 Å². The van der Waals surface area contributed by atoms with Gasteiger partial charge in [-0.1, -0.05) is 6.92 Å². The molecule has 2 rings (SSSR count). The fourth-order valence-electron chi connectivity index (χ4n) is 1.63. The predicted molar refractivity (Wildman–Crippen MR) is 62.9 cm³/mol. The van der Waals surface area contributed by atoms with Crippen LogP contribution < -0.4 is 4.74 Å². The number of ether oxygens (including phenoxy) is 1. The minimum absolute atomic E-state index is 0.645. The van der Waals surface area contributed by atoms with Crippen LogP contribution in [0.1, 0.15) is 23.7 Å². The Balaban J connectivity index is 2.55. The Morgan fingerprint density at radius 2 is 2.19 bits per heavy atom. The van der Waals surface area contributed by atoms with Crippen LogP contribution in [-0.4, -0.2) is 17.9 Å². The van der Waals surface area contributed by atoms with Crippen molar-refractivity contribution in [1.82, 2.24) is 4.98 Å². The van der Waals surface area contributed by atoms with Crippen molar-refractivity contribution < 1.29 is 9.53 Å². The van der Waals surface area contributed by atoms with Gasteiger partial charge in [0, 0.05) is 28.7 Å². The highest BCUT2D eigenvalue weighted by Crippen LogP contribution is 2.27. The minimum Gasteiger partial charge on any atom is -0.493 e. The fourth-order valence-corrected chi connectivity index (χ4v) is 1.63. The standard InChI is InChI=1S/C13H13NO2/c1-2-7-16-13-4-3-10(9-15)12-8-14-6-5-11(12)13/h3-6,8-9H,2,7H2,1H3. The van der Waals surface area contributed by atoms with Gasteiger partial charge in [0.2, 0.25) is 0 Å². The molecule has 0 amide bonds. The van der Waals surface area contributed by atoms with Crippen molar-refractivity contribution in [1.29, 1.82) is 0 Å². The highest BCUT2D eigenvalue weighted by molar-refractivity contribution is 6.00. The van der Waals surface area contributed by atoms with Crippen LogP contribution in [0.2, 0.25) is 0 Å². The molecule has 82 valence electrons. The number of hydrogen-bond donors (Lipinski definition) is 0. The first-order chi connectivity index (χ1) is 7.86. The summed E-state index contributed by atoms with van der Waals surface area (Å²) in [6, 6.07) is 5.47. The maximum Gasteiger partial charge on any atom is 0.150 e. The van der Waals surface area contributed by atoms with Crippen molar-refractivity contribution in [3.05, 3.63) is 36.2 Å². The van der Waals surface area contributed by atoms with Crippen molar-refractivity contribution in [3.8, 4) is 5.75 Å². The lowest BCUT2D eigenvalue weighted by atomic mass is 10.1. The van der Waals surface area contributed by atoms with Gasteiger partial charge < -0.3 is 4.74 Å². The van der Waals surface area contributed by atoms with Crippen LogP contribution in [0, 0.1) is 0 Å². The van der Waals surface area contributed by atoms with E-state index in [9.17, 15) is 4.79 Å². The molecule has 0 fully saturated rings. The normalized spacial score (nSPS) is 10.3. The van der Waals surface area contributed by atoms with Gasteiger partial charge in [0.1, 0.15) is 5.75 Å². The molecule has 2 aromatic rings. The monoisotopic (exact) mass is 215 g/mol. The van der Waals surface area contributed by atoms with Gasteiger partial charge in [0.05, 0.1) is 6.61 Å². The Morgan fingerprint density at radius 1 is 1.31 bits per heavy atom. The summed E-state index contributed by atoms with van der Waals surface area (Å²) in [5.41, 5.74) is 0.645. The first kappa shape index (κ1) is 10.6. The van der Waals surface area contributed by atoms with E-state index >= 15 is 0 Å². The number of nitrogens with zero attached hydrogens (tertiary/aromatic N) is 1. The van der Waals surface area contributed by atoms with E-state index in [0.717, 1.165) is 29.2 Å². The summed E-state index contributed by atoms with van der Waals surface area (Å²) >= 11 is 0. The molecule has 3 nitrogen and oxygen atoms in total. The minimum atomic E-state index is 0.645. The van der Waals surface area contributed by atoms with E-state index in [1.165, 1.54) is 0 Å². The molecule has 0 spiro atoms. The molecule has 0 radical (unpaired) electrons. The number of benzene rings is 1. The number of pyridine rings is 1. The summed E-state index contributed by atoms with van der Waals surface area (Å²) in [7, 11) is 0. The SMILES string of the molecule is CCCOc1ccc(C=O)c2cnccc12. The first-order valence-electron chi connectivity index (χ1n) is 5.31. The maximum atomic E-state index is 10.9. The van der Waals surface area contributed by atoms with E-state index < -0.39 is 0 Å². The molecular formula is C13H13NO2. The molecule has 0 aliphatic heterocycles. The van der Waals surface area contributed by atoms with E-state index in [4.69, 9.17) is 4.74 Å². The van der Waals surface area contributed by atoms with Crippen molar-refractivity contribution in [2.75, 3.05) is 6.61 Å². The zero-order valence-electron chi connectivity index (χ0n) is 9.14. The van der Waals surface area contributed by atoms with Gasteiger partial charge in [0.25, 0.3) is 0 Å². The Morgan fingerprint density at radius 3 is 2.94 bits per heavy atom. The van der Waals surface area contributed by atoms with E-state index in [-0.39, 0.29) is 0 Å². The molecule has 1 aromatic carbocycles. The van der Waals surface area contributed by atoms with Crippen molar-refractivity contribution in [2.24, 2.45) is 0 Å². The number of fused-ring (bicyclic) bond motifs is 1. The largest absolute Gasteiger partial charge is 0.493 e. The summed E-state index contributed by atoms with van der Waals surface area (Å²) in [6.45, 7) is 2.74. The molecule has 0 unspecified atom stereocenters. The second-order valence-electron chi connectivity index (χ2n) is 3.54. The maximum absolute atomic E-state index is 10.9. The third-order valence-electron chi connectivity index (χ3n) is 2.40. The Labute approximate surface area is 94.1 Å². The highest BCUT2D eigenvalue weighted by Gasteiger charge is 2.05. The zero-order valence-corrected chi connectivity index (χ0v) is 9.14. The van der Waals surface area contributed by atoms with Gasteiger partial charge in [0.15, 0.2) is 6.29 Å². The summed E-state index contributed by atoms with van der Waals surface area (Å²) < 4.78 is 5.62. The molecule has 0 saturated heterocycles. The van der Waals surface area contributed by atoms with Gasteiger partial charge in [-0.15, -0.1) is 0 Å². The Kier molecular flexibility index (Phi) is 3.15. The van der Waals surface area contributed by atoms with Crippen LogP contribution in [0.4, 0.5) is 0 Å². The molecule has 16 heavy (non-hydrogen) atoms. The van der Waals surface area contributed by atoms with E-state index in [0.29, 0.717) is 12.2 Å². The van der Waals surface area contributed by atoms with Crippen LogP contribution >= 0.6 is 0 Å². The van der Waals surface area contributed by atoms with E-state index in [1.807, 2.05) is 12.1 Å². The Hall–Kier alpha value is -1.90. The second kappa shape index (κ2) is 4.75. The van der Waals surface area contributed by atoms with Crippen LogP contribution in [0.5, 0.6) is 5.75 Å². The smallest absolute Gasteiger partial charge is 0.150 e. The summed E-state index contributed by atoms with van der Waals surface area (Å²) in [4.78, 5) is 14.9. The van der Waals surface area contributed by atoms with Crippen molar-refractivity contribution >= 4 is 17.1 Å². The molecule has 1 heterocycles. The zero-order chi connectivity index (χ0) is 11.4. The van der Waals surface area contributed by atoms with Crippen LogP contribution in [0.25, 0.3) is 10.8 Å². The quantitative estimate of drug-likeness (QED) is 0.736. The molecule has 0 aliphatic carbocycles. The third kappa shape index (κ3) is 1.89. The van der Waals surface area contributed by atoms with E-state index in [1.54, 1.807) is 18.5 Å². The molecule has 1 aromatic heterocycles. The molecule has 0 N–H and O–H groups in total. The van der Waals surface area contributed by atoms with Crippen LogP contribution in [0.3, 0.4) is 0 Å². The van der Waals surface area contributed by atoms with Crippen molar-refractivity contribution in [3.63, 3.8) is 0 Å². The molecule has 0 saturated carbocycles. The van der Waals surface area contributed by atoms with Gasteiger partial charge >= 0.3 is 0 Å². The number of aromatic nitrogens is 1. The molecule has 0 aliphatic rings. The summed E-state index contributed by atoms with van der Waals surface area (Å²) in [6.07, 6.45) is 5.20. The summed E-state index contributed by atoms with van der Waals surface area (Å²) in [5, 5.41) is 1.78. The molecular weight excluding hydrogens is 202 g/mol.